The molecule has 0 atom stereocenters. The molecule has 1 aromatic carbocycles. The van der Waals surface area contributed by atoms with Crippen LogP contribution in [0.2, 0.25) is 0 Å². The Balaban J connectivity index is 2.19. The van der Waals surface area contributed by atoms with Crippen molar-refractivity contribution in [1.29, 1.82) is 0 Å². The van der Waals surface area contributed by atoms with Crippen LogP contribution >= 0.6 is 33.9 Å². The molecule has 3 aromatic rings. The Morgan fingerprint density at radius 2 is 2.12 bits per heavy atom. The Kier molecular flexibility index (Phi) is 2.61. The van der Waals surface area contributed by atoms with E-state index < -0.39 is 0 Å². The summed E-state index contributed by atoms with van der Waals surface area (Å²) >= 11 is 4.02. The third-order valence-corrected chi connectivity index (χ3v) is 4.02. The number of fused-ring (bicyclic) bond motifs is 1. The Hall–Kier alpha value is -1.01. The Labute approximate surface area is 111 Å². The summed E-state index contributed by atoms with van der Waals surface area (Å²) in [6.07, 6.45) is 3.61. The van der Waals surface area contributed by atoms with Crippen molar-refractivity contribution in [1.82, 2.24) is 9.97 Å². The van der Waals surface area contributed by atoms with Gasteiger partial charge in [0.25, 0.3) is 0 Å². The number of benzene rings is 1. The summed E-state index contributed by atoms with van der Waals surface area (Å²) in [5, 5.41) is 1.06. The molecule has 4 heteroatoms. The van der Waals surface area contributed by atoms with Crippen molar-refractivity contribution in [3.63, 3.8) is 0 Å². The van der Waals surface area contributed by atoms with Gasteiger partial charge >= 0.3 is 0 Å². The van der Waals surface area contributed by atoms with Crippen LogP contribution in [-0.4, -0.2) is 9.97 Å². The molecule has 0 saturated heterocycles. The average Bonchev–Trinajstić information content (AvgIpc) is 2.72. The first kappa shape index (κ1) is 10.2. The number of rotatable bonds is 1. The molecule has 0 unspecified atom stereocenters. The van der Waals surface area contributed by atoms with Gasteiger partial charge in [0.2, 0.25) is 0 Å². The van der Waals surface area contributed by atoms with Gasteiger partial charge in [-0.2, -0.15) is 0 Å². The lowest BCUT2D eigenvalue weighted by Gasteiger charge is -1.95. The molecule has 2 aromatic heterocycles. The predicted octanol–water partition coefficient (Wildman–Crippen LogP) is 3.96. The zero-order valence-electron chi connectivity index (χ0n) is 8.22. The number of halogens is 1. The van der Waals surface area contributed by atoms with Crippen LogP contribution in [0.4, 0.5) is 0 Å². The Morgan fingerprint density at radius 3 is 2.94 bits per heavy atom. The van der Waals surface area contributed by atoms with Gasteiger partial charge in [0.1, 0.15) is 10.5 Å². The molecule has 0 aliphatic carbocycles. The van der Waals surface area contributed by atoms with E-state index in [2.05, 4.69) is 56.8 Å². The highest BCUT2D eigenvalue weighted by Crippen LogP contribution is 2.29. The highest BCUT2D eigenvalue weighted by molar-refractivity contribution is 14.1. The lowest BCUT2D eigenvalue weighted by atomic mass is 10.2. The average molecular weight is 338 g/mol. The van der Waals surface area contributed by atoms with E-state index in [0.29, 0.717) is 0 Å². The van der Waals surface area contributed by atoms with E-state index in [9.17, 15) is 0 Å². The number of thiazole rings is 1. The molecule has 0 spiro atoms. The van der Waals surface area contributed by atoms with Crippen LogP contribution in [0.5, 0.6) is 0 Å². The van der Waals surface area contributed by atoms with Gasteiger partial charge < -0.3 is 0 Å². The number of aromatic nitrogens is 2. The summed E-state index contributed by atoms with van der Waals surface area (Å²) < 4.78 is 2.41. The SMILES string of the molecule is Ic1cccc(-c2nc3cnccc3s2)c1. The van der Waals surface area contributed by atoms with E-state index >= 15 is 0 Å². The van der Waals surface area contributed by atoms with Crippen molar-refractivity contribution in [3.05, 3.63) is 46.3 Å². The second-order valence-corrected chi connectivity index (χ2v) is 5.65. The maximum atomic E-state index is 4.58. The van der Waals surface area contributed by atoms with E-state index in [0.717, 1.165) is 10.5 Å². The maximum absolute atomic E-state index is 4.58. The largest absolute Gasteiger partial charge is 0.262 e. The maximum Gasteiger partial charge on any atom is 0.124 e. The van der Waals surface area contributed by atoms with Crippen LogP contribution < -0.4 is 0 Å². The summed E-state index contributed by atoms with van der Waals surface area (Å²) in [6.45, 7) is 0. The molecule has 2 nitrogen and oxygen atoms in total. The van der Waals surface area contributed by atoms with E-state index in [4.69, 9.17) is 0 Å². The number of pyridine rings is 1. The fraction of sp³-hybridized carbons (Fsp3) is 0. The highest BCUT2D eigenvalue weighted by Gasteiger charge is 2.05. The summed E-state index contributed by atoms with van der Waals surface area (Å²) in [7, 11) is 0. The Bertz CT molecular complexity index is 615. The number of hydrogen-bond acceptors (Lipinski definition) is 3. The van der Waals surface area contributed by atoms with Crippen molar-refractivity contribution in [2.24, 2.45) is 0 Å². The zero-order chi connectivity index (χ0) is 11.0. The molecule has 0 N–H and O–H groups in total. The zero-order valence-corrected chi connectivity index (χ0v) is 11.2. The third-order valence-electron chi connectivity index (χ3n) is 2.26. The van der Waals surface area contributed by atoms with Gasteiger partial charge in [-0.25, -0.2) is 4.98 Å². The van der Waals surface area contributed by atoms with Gasteiger partial charge in [0, 0.05) is 15.3 Å². The molecule has 0 aliphatic heterocycles. The van der Waals surface area contributed by atoms with Crippen molar-refractivity contribution in [2.45, 2.75) is 0 Å². The van der Waals surface area contributed by atoms with Gasteiger partial charge in [-0.1, -0.05) is 12.1 Å². The first-order valence-corrected chi connectivity index (χ1v) is 6.69. The second-order valence-electron chi connectivity index (χ2n) is 3.37. The van der Waals surface area contributed by atoms with Gasteiger partial charge in [0.15, 0.2) is 0 Å². The van der Waals surface area contributed by atoms with E-state index in [-0.39, 0.29) is 0 Å². The molecule has 0 bridgehead atoms. The lowest BCUT2D eigenvalue weighted by Crippen LogP contribution is -1.77. The third kappa shape index (κ3) is 1.82. The minimum absolute atomic E-state index is 0.973. The van der Waals surface area contributed by atoms with Crippen molar-refractivity contribution < 1.29 is 0 Å². The van der Waals surface area contributed by atoms with Crippen LogP contribution in [-0.2, 0) is 0 Å². The van der Waals surface area contributed by atoms with Gasteiger partial charge in [-0.15, -0.1) is 11.3 Å². The summed E-state index contributed by atoms with van der Waals surface area (Å²) in [5.41, 5.74) is 2.15. The van der Waals surface area contributed by atoms with Crippen LogP contribution in [0.3, 0.4) is 0 Å². The molecule has 0 saturated carbocycles. The molecule has 3 rings (SSSR count). The molecule has 0 aliphatic rings. The fourth-order valence-electron chi connectivity index (χ4n) is 1.52. The first-order valence-electron chi connectivity index (χ1n) is 4.79. The van der Waals surface area contributed by atoms with Crippen LogP contribution in [0.15, 0.2) is 42.7 Å². The molecular weight excluding hydrogens is 331 g/mol. The fourth-order valence-corrected chi connectivity index (χ4v) is 3.00. The monoisotopic (exact) mass is 338 g/mol. The number of hydrogen-bond donors (Lipinski definition) is 0. The molecule has 0 radical (unpaired) electrons. The first-order chi connectivity index (χ1) is 7.83. The standard InChI is InChI=1S/C12H7IN2S/c13-9-3-1-2-8(6-9)12-15-10-7-14-5-4-11(10)16-12/h1-7H. The predicted molar refractivity (Wildman–Crippen MR) is 75.6 cm³/mol. The van der Waals surface area contributed by atoms with Crippen LogP contribution in [0, 0.1) is 3.57 Å². The summed E-state index contributed by atoms with van der Waals surface area (Å²) in [4.78, 5) is 8.66. The minimum Gasteiger partial charge on any atom is -0.262 e. The van der Waals surface area contributed by atoms with Crippen molar-refractivity contribution >= 4 is 44.1 Å². The van der Waals surface area contributed by atoms with Crippen LogP contribution in [0.25, 0.3) is 20.8 Å². The molecule has 0 fully saturated rings. The van der Waals surface area contributed by atoms with Gasteiger partial charge in [-0.05, 0) is 40.8 Å². The minimum atomic E-state index is 0.973. The number of nitrogens with zero attached hydrogens (tertiary/aromatic N) is 2. The van der Waals surface area contributed by atoms with E-state index in [1.54, 1.807) is 17.5 Å². The molecule has 78 valence electrons. The Morgan fingerprint density at radius 1 is 1.19 bits per heavy atom. The van der Waals surface area contributed by atoms with E-state index in [1.165, 1.54) is 13.8 Å². The van der Waals surface area contributed by atoms with Gasteiger partial charge in [-0.3, -0.25) is 4.98 Å². The summed E-state index contributed by atoms with van der Waals surface area (Å²) in [6, 6.07) is 10.4. The highest BCUT2D eigenvalue weighted by atomic mass is 127. The van der Waals surface area contributed by atoms with Gasteiger partial charge in [0.05, 0.1) is 10.9 Å². The topological polar surface area (TPSA) is 25.8 Å². The smallest absolute Gasteiger partial charge is 0.124 e. The second kappa shape index (κ2) is 4.10. The van der Waals surface area contributed by atoms with Crippen molar-refractivity contribution in [3.8, 4) is 10.6 Å². The normalized spacial score (nSPS) is 10.8. The van der Waals surface area contributed by atoms with Crippen molar-refractivity contribution in [2.75, 3.05) is 0 Å². The summed E-state index contributed by atoms with van der Waals surface area (Å²) in [5.74, 6) is 0. The molecule has 0 amide bonds. The lowest BCUT2D eigenvalue weighted by molar-refractivity contribution is 1.34. The van der Waals surface area contributed by atoms with E-state index in [1.807, 2.05) is 12.3 Å². The molecule has 16 heavy (non-hydrogen) atoms. The molecular formula is C12H7IN2S. The quantitative estimate of drug-likeness (QED) is 0.628. The molecule has 2 heterocycles. The van der Waals surface area contributed by atoms with Crippen LogP contribution in [0.1, 0.15) is 0 Å².